The molecule has 0 aliphatic heterocycles. The predicted octanol–water partition coefficient (Wildman–Crippen LogP) is 0.281. The Morgan fingerprint density at radius 1 is 1.38 bits per heavy atom. The second-order valence-corrected chi connectivity index (χ2v) is 4.92. The standard InChI is InChI=1S/C11H13NO3S/c1-2-11-7-3-4-8-12(11)9-5-6-10-16(13,14)15/h1,3-4,7-8H,5-6,9-10H2. The van der Waals surface area contributed by atoms with Crippen molar-refractivity contribution in [3.8, 4) is 12.3 Å². The molecule has 0 spiro atoms. The molecule has 0 atom stereocenters. The SMILES string of the molecule is C#Cc1cccc[n+]1CCCCS(=O)(=O)[O-]. The molecular formula is C11H13NO3S. The van der Waals surface area contributed by atoms with Crippen LogP contribution in [0, 0.1) is 12.3 Å². The summed E-state index contributed by atoms with van der Waals surface area (Å²) >= 11 is 0. The van der Waals surface area contributed by atoms with Crippen LogP contribution in [-0.2, 0) is 16.7 Å². The van der Waals surface area contributed by atoms with Crippen molar-refractivity contribution >= 4 is 10.1 Å². The van der Waals surface area contributed by atoms with Gasteiger partial charge in [-0.2, -0.15) is 4.57 Å². The van der Waals surface area contributed by atoms with Crippen LogP contribution in [0.25, 0.3) is 0 Å². The van der Waals surface area contributed by atoms with Crippen LogP contribution in [0.3, 0.4) is 0 Å². The molecule has 16 heavy (non-hydrogen) atoms. The van der Waals surface area contributed by atoms with Crippen LogP contribution in [0.15, 0.2) is 24.4 Å². The Kier molecular flexibility index (Phi) is 4.47. The molecule has 1 heterocycles. The third kappa shape index (κ3) is 4.43. The van der Waals surface area contributed by atoms with Gasteiger partial charge in [0.1, 0.15) is 6.54 Å². The third-order valence-electron chi connectivity index (χ3n) is 2.13. The molecule has 0 fully saturated rings. The number of aryl methyl sites for hydroxylation is 1. The van der Waals surface area contributed by atoms with Gasteiger partial charge >= 0.3 is 0 Å². The quantitative estimate of drug-likeness (QED) is 0.321. The van der Waals surface area contributed by atoms with Gasteiger partial charge in [0.05, 0.1) is 10.1 Å². The van der Waals surface area contributed by atoms with Crippen LogP contribution >= 0.6 is 0 Å². The number of hydrogen-bond acceptors (Lipinski definition) is 3. The minimum atomic E-state index is -4.09. The molecule has 5 heteroatoms. The van der Waals surface area contributed by atoms with Crippen molar-refractivity contribution in [3.05, 3.63) is 30.1 Å². The lowest BCUT2D eigenvalue weighted by atomic mass is 10.3. The fourth-order valence-corrected chi connectivity index (χ4v) is 1.92. The highest BCUT2D eigenvalue weighted by Crippen LogP contribution is 1.95. The van der Waals surface area contributed by atoms with Crippen LogP contribution in [0.4, 0.5) is 0 Å². The smallest absolute Gasteiger partial charge is 0.256 e. The molecule has 0 aromatic carbocycles. The van der Waals surface area contributed by atoms with Gasteiger partial charge in [0, 0.05) is 24.3 Å². The van der Waals surface area contributed by atoms with Crippen LogP contribution in [-0.4, -0.2) is 18.7 Å². The van der Waals surface area contributed by atoms with E-state index in [0.29, 0.717) is 19.4 Å². The molecule has 1 aromatic heterocycles. The van der Waals surface area contributed by atoms with Gasteiger partial charge in [-0.25, -0.2) is 8.42 Å². The Bertz CT molecular complexity index is 488. The van der Waals surface area contributed by atoms with E-state index in [9.17, 15) is 13.0 Å². The highest BCUT2D eigenvalue weighted by Gasteiger charge is 2.06. The van der Waals surface area contributed by atoms with Gasteiger partial charge in [-0.3, -0.25) is 0 Å². The Morgan fingerprint density at radius 3 is 2.75 bits per heavy atom. The first kappa shape index (κ1) is 12.7. The highest BCUT2D eigenvalue weighted by atomic mass is 32.2. The summed E-state index contributed by atoms with van der Waals surface area (Å²) < 4.78 is 33.0. The molecule has 0 unspecified atom stereocenters. The lowest BCUT2D eigenvalue weighted by Gasteiger charge is -2.04. The number of pyridine rings is 1. The zero-order chi connectivity index (χ0) is 12.0. The van der Waals surface area contributed by atoms with E-state index in [0.717, 1.165) is 5.69 Å². The zero-order valence-electron chi connectivity index (χ0n) is 8.80. The van der Waals surface area contributed by atoms with Gasteiger partial charge in [0.2, 0.25) is 0 Å². The summed E-state index contributed by atoms with van der Waals surface area (Å²) in [6, 6.07) is 5.50. The normalized spacial score (nSPS) is 11.0. The van der Waals surface area contributed by atoms with E-state index in [1.165, 1.54) is 0 Å². The lowest BCUT2D eigenvalue weighted by Crippen LogP contribution is -2.36. The largest absolute Gasteiger partial charge is 0.748 e. The molecule has 0 bridgehead atoms. The molecule has 1 aromatic rings. The summed E-state index contributed by atoms with van der Waals surface area (Å²) in [4.78, 5) is 0. The topological polar surface area (TPSA) is 61.1 Å². The first-order valence-corrected chi connectivity index (χ1v) is 6.49. The van der Waals surface area contributed by atoms with Gasteiger partial charge in [0.15, 0.2) is 6.20 Å². The number of unbranched alkanes of at least 4 members (excludes halogenated alkanes) is 1. The number of terminal acetylenes is 1. The van der Waals surface area contributed by atoms with Crippen molar-refractivity contribution in [1.82, 2.24) is 0 Å². The minimum absolute atomic E-state index is 0.314. The average molecular weight is 239 g/mol. The highest BCUT2D eigenvalue weighted by molar-refractivity contribution is 7.85. The molecule has 0 amide bonds. The second kappa shape index (κ2) is 5.64. The van der Waals surface area contributed by atoms with E-state index in [-0.39, 0.29) is 5.75 Å². The van der Waals surface area contributed by atoms with E-state index in [2.05, 4.69) is 5.92 Å². The lowest BCUT2D eigenvalue weighted by molar-refractivity contribution is -0.699. The first-order chi connectivity index (χ1) is 7.53. The first-order valence-electron chi connectivity index (χ1n) is 4.91. The van der Waals surface area contributed by atoms with Crippen LogP contribution in [0.5, 0.6) is 0 Å². The number of aromatic nitrogens is 1. The molecule has 1 rings (SSSR count). The van der Waals surface area contributed by atoms with Gasteiger partial charge in [-0.05, 0) is 18.4 Å². The summed E-state index contributed by atoms with van der Waals surface area (Å²) in [6.07, 6.45) is 8.12. The Morgan fingerprint density at radius 2 is 2.12 bits per heavy atom. The van der Waals surface area contributed by atoms with Crippen LogP contribution in [0.1, 0.15) is 18.5 Å². The maximum Gasteiger partial charge on any atom is 0.256 e. The third-order valence-corrected chi connectivity index (χ3v) is 2.92. The van der Waals surface area contributed by atoms with E-state index in [1.807, 2.05) is 29.0 Å². The molecule has 4 nitrogen and oxygen atoms in total. The maximum atomic E-state index is 10.4. The molecular weight excluding hydrogens is 226 g/mol. The fourth-order valence-electron chi connectivity index (χ4n) is 1.36. The average Bonchev–Trinajstić information content (AvgIpc) is 2.23. The van der Waals surface area contributed by atoms with Crippen molar-refractivity contribution in [3.63, 3.8) is 0 Å². The van der Waals surface area contributed by atoms with Crippen molar-refractivity contribution in [1.29, 1.82) is 0 Å². The van der Waals surface area contributed by atoms with Gasteiger partial charge in [-0.15, -0.1) is 6.42 Å². The summed E-state index contributed by atoms with van der Waals surface area (Å²) in [5, 5.41) is 0. The van der Waals surface area contributed by atoms with E-state index < -0.39 is 10.1 Å². The molecule has 0 aliphatic rings. The molecule has 0 saturated heterocycles. The van der Waals surface area contributed by atoms with Crippen LogP contribution in [0.2, 0.25) is 0 Å². The van der Waals surface area contributed by atoms with Crippen molar-refractivity contribution < 1.29 is 17.5 Å². The number of hydrogen-bond donors (Lipinski definition) is 0. The minimum Gasteiger partial charge on any atom is -0.748 e. The summed E-state index contributed by atoms with van der Waals surface area (Å²) in [5.74, 6) is 2.22. The van der Waals surface area contributed by atoms with E-state index >= 15 is 0 Å². The van der Waals surface area contributed by atoms with Gasteiger partial charge in [-0.1, -0.05) is 0 Å². The molecule has 86 valence electrons. The number of nitrogens with zero attached hydrogens (tertiary/aromatic N) is 1. The predicted molar refractivity (Wildman–Crippen MR) is 58.4 cm³/mol. The molecule has 0 aliphatic carbocycles. The maximum absolute atomic E-state index is 10.4. The van der Waals surface area contributed by atoms with E-state index in [4.69, 9.17) is 6.42 Å². The summed E-state index contributed by atoms with van der Waals surface area (Å²) in [7, 11) is -4.09. The van der Waals surface area contributed by atoms with Gasteiger partial charge < -0.3 is 4.55 Å². The second-order valence-electron chi connectivity index (χ2n) is 3.39. The Balaban J connectivity index is 2.47. The molecule has 0 saturated carbocycles. The molecule has 0 radical (unpaired) electrons. The monoisotopic (exact) mass is 239 g/mol. The Hall–Kier alpha value is -1.38. The number of rotatable bonds is 5. The Labute approximate surface area is 95.7 Å². The fraction of sp³-hybridized carbons (Fsp3) is 0.364. The van der Waals surface area contributed by atoms with Crippen molar-refractivity contribution in [2.45, 2.75) is 19.4 Å². The van der Waals surface area contributed by atoms with Gasteiger partial charge in [0.25, 0.3) is 5.69 Å². The van der Waals surface area contributed by atoms with Crippen molar-refractivity contribution in [2.75, 3.05) is 5.75 Å². The summed E-state index contributed by atoms with van der Waals surface area (Å²) in [6.45, 7) is 0.621. The van der Waals surface area contributed by atoms with Crippen LogP contribution < -0.4 is 4.57 Å². The molecule has 0 N–H and O–H groups in total. The van der Waals surface area contributed by atoms with Crippen molar-refractivity contribution in [2.24, 2.45) is 0 Å². The summed E-state index contributed by atoms with van der Waals surface area (Å²) in [5.41, 5.74) is 0.743. The van der Waals surface area contributed by atoms with E-state index in [1.54, 1.807) is 0 Å². The zero-order valence-corrected chi connectivity index (χ0v) is 9.61.